The van der Waals surface area contributed by atoms with E-state index in [0.717, 1.165) is 17.1 Å². The first-order valence-corrected chi connectivity index (χ1v) is 9.85. The van der Waals surface area contributed by atoms with Crippen LogP contribution in [-0.2, 0) is 9.59 Å². The van der Waals surface area contributed by atoms with Gasteiger partial charge in [-0.05, 0) is 36.8 Å². The average molecular weight is 464 g/mol. The van der Waals surface area contributed by atoms with Crippen LogP contribution in [0.25, 0.3) is 0 Å². The van der Waals surface area contributed by atoms with Crippen LogP contribution in [0, 0.1) is 10.1 Å². The number of nitrogens with zero attached hydrogens (tertiary/aromatic N) is 3. The van der Waals surface area contributed by atoms with Gasteiger partial charge >= 0.3 is 0 Å². The molecule has 2 aromatic rings. The summed E-state index contributed by atoms with van der Waals surface area (Å²) in [7, 11) is 0. The Morgan fingerprint density at radius 2 is 1.65 bits per heavy atom. The number of carbonyl (C=O) groups excluding carboxylic acids is 4. The van der Waals surface area contributed by atoms with E-state index >= 15 is 0 Å². The van der Waals surface area contributed by atoms with E-state index in [1.54, 1.807) is 0 Å². The number of hydrogen-bond donors (Lipinski definition) is 0. The van der Waals surface area contributed by atoms with Gasteiger partial charge < -0.3 is 0 Å². The van der Waals surface area contributed by atoms with E-state index < -0.39 is 35.0 Å². The Bertz CT molecular complexity index is 1070. The highest BCUT2D eigenvalue weighted by atomic mass is 35.5. The molecule has 0 unspecified atom stereocenters. The Morgan fingerprint density at radius 3 is 2.19 bits per heavy atom. The molecule has 0 saturated carbocycles. The molecule has 1 aliphatic heterocycles. The molecule has 0 aliphatic carbocycles. The molecule has 1 aliphatic rings. The number of piperidine rings is 1. The number of non-ortho nitro benzene ring substituents is 1. The molecule has 0 atom stereocenters. The summed E-state index contributed by atoms with van der Waals surface area (Å²) >= 11 is 11.9. The highest BCUT2D eigenvalue weighted by Crippen LogP contribution is 2.24. The number of amides is 3. The molecule has 0 bridgehead atoms. The maximum Gasteiger partial charge on any atom is 0.273 e. The lowest BCUT2D eigenvalue weighted by Gasteiger charge is -2.35. The van der Waals surface area contributed by atoms with Crippen molar-refractivity contribution < 1.29 is 24.1 Å². The molecule has 0 radical (unpaired) electrons. The van der Waals surface area contributed by atoms with E-state index in [9.17, 15) is 29.3 Å². The molecule has 9 nitrogen and oxygen atoms in total. The van der Waals surface area contributed by atoms with Crippen molar-refractivity contribution in [1.82, 2.24) is 10.0 Å². The van der Waals surface area contributed by atoms with E-state index in [1.807, 2.05) is 0 Å². The number of rotatable bonds is 6. The molecule has 1 fully saturated rings. The first-order chi connectivity index (χ1) is 14.7. The molecule has 31 heavy (non-hydrogen) atoms. The van der Waals surface area contributed by atoms with Crippen LogP contribution in [0.4, 0.5) is 5.69 Å². The summed E-state index contributed by atoms with van der Waals surface area (Å²) < 4.78 is 0. The van der Waals surface area contributed by atoms with E-state index in [1.165, 1.54) is 30.3 Å². The van der Waals surface area contributed by atoms with Crippen molar-refractivity contribution in [3.05, 3.63) is 73.8 Å². The van der Waals surface area contributed by atoms with Gasteiger partial charge in [-0.15, -0.1) is 0 Å². The molecule has 160 valence electrons. The lowest BCUT2D eigenvalue weighted by Crippen LogP contribution is -2.56. The van der Waals surface area contributed by atoms with Crippen LogP contribution in [0.3, 0.4) is 0 Å². The number of Topliss-reactive ketones (excluding diaryl/α,β-unsaturated/α-hetero) is 1. The number of benzene rings is 2. The third-order valence-corrected chi connectivity index (χ3v) is 5.13. The average Bonchev–Trinajstić information content (AvgIpc) is 2.72. The predicted octanol–water partition coefficient (Wildman–Crippen LogP) is 3.68. The smallest absolute Gasteiger partial charge is 0.273 e. The van der Waals surface area contributed by atoms with Gasteiger partial charge in [-0.3, -0.25) is 29.3 Å². The van der Waals surface area contributed by atoms with Crippen LogP contribution in [0.1, 0.15) is 40.0 Å². The van der Waals surface area contributed by atoms with Crippen molar-refractivity contribution >= 4 is 52.4 Å². The van der Waals surface area contributed by atoms with Gasteiger partial charge in [0.2, 0.25) is 11.8 Å². The molecule has 11 heteroatoms. The molecular weight excluding hydrogens is 449 g/mol. The van der Waals surface area contributed by atoms with Crippen LogP contribution in [-0.4, -0.2) is 45.0 Å². The van der Waals surface area contributed by atoms with Gasteiger partial charge in [0, 0.05) is 41.1 Å². The highest BCUT2D eigenvalue weighted by Gasteiger charge is 2.36. The Labute approximate surface area is 186 Å². The summed E-state index contributed by atoms with van der Waals surface area (Å²) in [5.74, 6) is -2.71. The Kier molecular flexibility index (Phi) is 6.67. The number of nitro benzene ring substituents is 1. The van der Waals surface area contributed by atoms with Crippen molar-refractivity contribution in [3.63, 3.8) is 0 Å². The predicted molar refractivity (Wildman–Crippen MR) is 111 cm³/mol. The summed E-state index contributed by atoms with van der Waals surface area (Å²) in [6.45, 7) is -0.644. The van der Waals surface area contributed by atoms with Crippen molar-refractivity contribution in [2.45, 2.75) is 19.3 Å². The molecule has 3 rings (SSSR count). The quantitative estimate of drug-likeness (QED) is 0.279. The normalized spacial score (nSPS) is 13.8. The Balaban J connectivity index is 1.97. The number of carbonyl (C=O) groups is 4. The van der Waals surface area contributed by atoms with Gasteiger partial charge in [0.05, 0.1) is 9.95 Å². The fourth-order valence-electron chi connectivity index (χ4n) is 3.06. The zero-order valence-corrected chi connectivity index (χ0v) is 17.4. The lowest BCUT2D eigenvalue weighted by molar-refractivity contribution is -0.384. The SMILES string of the molecule is O=C(CN(C(=O)c1ccc([N+](=O)[O-])cc1)N1C(=O)CCCC1=O)c1ccc(Cl)cc1Cl. The van der Waals surface area contributed by atoms with Crippen LogP contribution in [0.5, 0.6) is 0 Å². The summed E-state index contributed by atoms with van der Waals surface area (Å²) in [5.41, 5.74) is -0.214. The van der Waals surface area contributed by atoms with Crippen LogP contribution in [0.15, 0.2) is 42.5 Å². The van der Waals surface area contributed by atoms with Crippen molar-refractivity contribution in [2.24, 2.45) is 0 Å². The largest absolute Gasteiger partial charge is 0.292 e. The van der Waals surface area contributed by atoms with Gasteiger partial charge in [0.15, 0.2) is 5.78 Å². The topological polar surface area (TPSA) is 118 Å². The van der Waals surface area contributed by atoms with Crippen molar-refractivity contribution in [1.29, 1.82) is 0 Å². The summed E-state index contributed by atoms with van der Waals surface area (Å²) in [6, 6.07) is 8.78. The van der Waals surface area contributed by atoms with Crippen LogP contribution in [0.2, 0.25) is 10.0 Å². The molecule has 0 N–H and O–H groups in total. The molecule has 1 heterocycles. The fraction of sp³-hybridized carbons (Fsp3) is 0.200. The van der Waals surface area contributed by atoms with Crippen molar-refractivity contribution in [3.8, 4) is 0 Å². The van der Waals surface area contributed by atoms with E-state index in [-0.39, 0.29) is 34.7 Å². The van der Waals surface area contributed by atoms with Gasteiger partial charge in [-0.1, -0.05) is 23.2 Å². The minimum Gasteiger partial charge on any atom is -0.292 e. The maximum absolute atomic E-state index is 13.1. The molecule has 3 amide bonds. The summed E-state index contributed by atoms with van der Waals surface area (Å²) in [4.78, 5) is 61.1. The molecule has 2 aromatic carbocycles. The van der Waals surface area contributed by atoms with Gasteiger partial charge in [-0.2, -0.15) is 5.01 Å². The summed E-state index contributed by atoms with van der Waals surface area (Å²) in [6.07, 6.45) is 0.405. The Morgan fingerprint density at radius 1 is 1.03 bits per heavy atom. The van der Waals surface area contributed by atoms with Crippen LogP contribution >= 0.6 is 23.2 Å². The zero-order chi connectivity index (χ0) is 22.7. The fourth-order valence-corrected chi connectivity index (χ4v) is 3.57. The number of nitro groups is 1. The zero-order valence-electron chi connectivity index (χ0n) is 15.9. The number of halogens is 2. The third kappa shape index (κ3) is 4.89. The van der Waals surface area contributed by atoms with E-state index in [2.05, 4.69) is 0 Å². The first-order valence-electron chi connectivity index (χ1n) is 9.09. The van der Waals surface area contributed by atoms with Crippen molar-refractivity contribution in [2.75, 3.05) is 6.54 Å². The first kappa shape index (κ1) is 22.4. The second-order valence-electron chi connectivity index (χ2n) is 6.67. The Hall–Kier alpha value is -3.30. The third-order valence-electron chi connectivity index (χ3n) is 4.58. The minimum atomic E-state index is -0.836. The van der Waals surface area contributed by atoms with Gasteiger partial charge in [0.1, 0.15) is 6.54 Å². The monoisotopic (exact) mass is 463 g/mol. The summed E-state index contributed by atoms with van der Waals surface area (Å²) in [5, 5.41) is 12.6. The van der Waals surface area contributed by atoms with Crippen LogP contribution < -0.4 is 0 Å². The number of ketones is 1. The second kappa shape index (κ2) is 9.23. The van der Waals surface area contributed by atoms with Gasteiger partial charge in [-0.25, -0.2) is 5.01 Å². The molecular formula is C20H15Cl2N3O6. The molecule has 1 saturated heterocycles. The second-order valence-corrected chi connectivity index (χ2v) is 7.51. The molecule has 0 aromatic heterocycles. The minimum absolute atomic E-state index is 0.0334. The highest BCUT2D eigenvalue weighted by molar-refractivity contribution is 6.37. The maximum atomic E-state index is 13.1. The lowest BCUT2D eigenvalue weighted by atomic mass is 10.1. The van der Waals surface area contributed by atoms with Gasteiger partial charge in [0.25, 0.3) is 11.6 Å². The number of imide groups is 1. The van der Waals surface area contributed by atoms with E-state index in [0.29, 0.717) is 16.5 Å². The molecule has 0 spiro atoms. The number of hydrazine groups is 1. The van der Waals surface area contributed by atoms with E-state index in [4.69, 9.17) is 23.2 Å². The number of hydrogen-bond acceptors (Lipinski definition) is 6. The standard InChI is InChI=1S/C20H15Cl2N3O6/c21-13-6-9-15(16(22)10-13)17(26)11-23(24-18(27)2-1-3-19(24)28)20(29)12-4-7-14(8-5-12)25(30)31/h4-10H,1-3,11H2.